The molecular weight excluding hydrogens is 327 g/mol. The summed E-state index contributed by atoms with van der Waals surface area (Å²) >= 11 is 0. The van der Waals surface area contributed by atoms with Crippen molar-refractivity contribution in [3.05, 3.63) is 53.8 Å². The zero-order chi connectivity index (χ0) is 18.1. The first-order valence-electron chi connectivity index (χ1n) is 7.64. The topological polar surface area (TPSA) is 69.2 Å². The van der Waals surface area contributed by atoms with E-state index in [-0.39, 0.29) is 12.3 Å². The van der Waals surface area contributed by atoms with Crippen molar-refractivity contribution in [3.63, 3.8) is 0 Å². The summed E-state index contributed by atoms with van der Waals surface area (Å²) in [4.78, 5) is 16.6. The van der Waals surface area contributed by atoms with Crippen LogP contribution in [-0.4, -0.2) is 32.4 Å². The summed E-state index contributed by atoms with van der Waals surface area (Å²) in [5.41, 5.74) is 0.811. The molecule has 1 amide bonds. The third-order valence-electron chi connectivity index (χ3n) is 3.11. The van der Waals surface area contributed by atoms with E-state index < -0.39 is 11.7 Å². The molecular formula is C18H19FN2O4. The van der Waals surface area contributed by atoms with Gasteiger partial charge in [0.25, 0.3) is 5.91 Å². The number of oxime groups is 1. The predicted molar refractivity (Wildman–Crippen MR) is 92.7 cm³/mol. The Labute approximate surface area is 145 Å². The molecule has 0 bridgehead atoms. The number of ether oxygens (including phenoxy) is 2. The van der Waals surface area contributed by atoms with Gasteiger partial charge in [-0.1, -0.05) is 17.3 Å². The molecule has 7 heteroatoms. The van der Waals surface area contributed by atoms with Crippen molar-refractivity contribution in [3.8, 4) is 11.5 Å². The van der Waals surface area contributed by atoms with Gasteiger partial charge < -0.3 is 19.6 Å². The third kappa shape index (κ3) is 5.49. The molecule has 2 rings (SSSR count). The fourth-order valence-electron chi connectivity index (χ4n) is 1.98. The number of hydrogen-bond acceptors (Lipinski definition) is 5. The quantitative estimate of drug-likeness (QED) is 0.589. The third-order valence-corrected chi connectivity index (χ3v) is 3.11. The summed E-state index contributed by atoms with van der Waals surface area (Å²) in [5.74, 6) is 0.183. The molecule has 0 aliphatic heterocycles. The number of halogens is 1. The van der Waals surface area contributed by atoms with E-state index in [2.05, 4.69) is 10.5 Å². The van der Waals surface area contributed by atoms with Gasteiger partial charge in [-0.3, -0.25) is 4.79 Å². The van der Waals surface area contributed by atoms with E-state index in [1.165, 1.54) is 24.4 Å². The Morgan fingerprint density at radius 1 is 1.24 bits per heavy atom. The summed E-state index contributed by atoms with van der Waals surface area (Å²) in [6.07, 6.45) is 1.44. The summed E-state index contributed by atoms with van der Waals surface area (Å²) in [6, 6.07) is 11.1. The Balaban J connectivity index is 1.86. The molecule has 0 fully saturated rings. The van der Waals surface area contributed by atoms with Gasteiger partial charge in [0.15, 0.2) is 18.1 Å². The second-order valence-corrected chi connectivity index (χ2v) is 4.88. The Morgan fingerprint density at radius 3 is 2.76 bits per heavy atom. The van der Waals surface area contributed by atoms with Gasteiger partial charge in [-0.05, 0) is 37.3 Å². The average molecular weight is 346 g/mol. The zero-order valence-corrected chi connectivity index (χ0v) is 14.0. The Kier molecular flexibility index (Phi) is 6.76. The first-order valence-corrected chi connectivity index (χ1v) is 7.64. The van der Waals surface area contributed by atoms with Crippen molar-refractivity contribution >= 4 is 17.8 Å². The maximum Gasteiger partial charge on any atom is 0.265 e. The van der Waals surface area contributed by atoms with Crippen LogP contribution >= 0.6 is 0 Å². The number of para-hydroxylation sites is 1. The lowest BCUT2D eigenvalue weighted by atomic mass is 10.2. The number of methoxy groups -OCH3 is 1. The van der Waals surface area contributed by atoms with E-state index in [0.29, 0.717) is 18.1 Å². The van der Waals surface area contributed by atoms with Crippen molar-refractivity contribution < 1.29 is 23.5 Å². The average Bonchev–Trinajstić information content (AvgIpc) is 2.62. The molecule has 0 heterocycles. The van der Waals surface area contributed by atoms with E-state index >= 15 is 0 Å². The van der Waals surface area contributed by atoms with Crippen LogP contribution in [0.1, 0.15) is 12.5 Å². The number of hydrogen-bond donors (Lipinski definition) is 1. The maximum atomic E-state index is 13.4. The number of rotatable bonds is 8. The van der Waals surface area contributed by atoms with Crippen LogP contribution in [0.15, 0.2) is 47.6 Å². The van der Waals surface area contributed by atoms with E-state index in [1.54, 1.807) is 31.4 Å². The number of carbonyl (C=O) groups excluding carboxylic acids is 1. The van der Waals surface area contributed by atoms with Gasteiger partial charge in [0, 0.05) is 5.56 Å². The SMILES string of the molecule is CCOc1ccc(/C=N\OCC(=O)Nc2ccccc2F)cc1OC. The molecule has 0 saturated carbocycles. The molecule has 6 nitrogen and oxygen atoms in total. The first-order chi connectivity index (χ1) is 12.1. The van der Waals surface area contributed by atoms with Crippen molar-refractivity contribution in [1.29, 1.82) is 0 Å². The van der Waals surface area contributed by atoms with Gasteiger partial charge in [-0.2, -0.15) is 0 Å². The van der Waals surface area contributed by atoms with Gasteiger partial charge in [0.1, 0.15) is 5.82 Å². The lowest BCUT2D eigenvalue weighted by molar-refractivity contribution is -0.120. The maximum absolute atomic E-state index is 13.4. The standard InChI is InChI=1S/C18H19FN2O4/c1-3-24-16-9-8-13(10-17(16)23-2)11-20-25-12-18(22)21-15-7-5-4-6-14(15)19/h4-11H,3,12H2,1-2H3,(H,21,22)/b20-11-. The number of anilines is 1. The van der Waals surface area contributed by atoms with Crippen molar-refractivity contribution in [1.82, 2.24) is 0 Å². The summed E-state index contributed by atoms with van der Waals surface area (Å²) in [7, 11) is 1.54. The highest BCUT2D eigenvalue weighted by Gasteiger charge is 2.07. The molecule has 2 aromatic carbocycles. The van der Waals surface area contributed by atoms with Gasteiger partial charge in [0.05, 0.1) is 25.6 Å². The highest BCUT2D eigenvalue weighted by molar-refractivity contribution is 5.91. The van der Waals surface area contributed by atoms with Crippen LogP contribution < -0.4 is 14.8 Å². The minimum Gasteiger partial charge on any atom is -0.493 e. The molecule has 0 radical (unpaired) electrons. The van der Waals surface area contributed by atoms with Crippen LogP contribution in [0.2, 0.25) is 0 Å². The minimum absolute atomic E-state index is 0.0938. The lowest BCUT2D eigenvalue weighted by Gasteiger charge is -2.09. The van der Waals surface area contributed by atoms with E-state index in [0.717, 1.165) is 5.56 Å². The Hall–Kier alpha value is -3.09. The van der Waals surface area contributed by atoms with Crippen LogP contribution in [0.4, 0.5) is 10.1 Å². The van der Waals surface area contributed by atoms with Crippen LogP contribution in [0.5, 0.6) is 11.5 Å². The van der Waals surface area contributed by atoms with Crippen LogP contribution in [-0.2, 0) is 9.63 Å². The lowest BCUT2D eigenvalue weighted by Crippen LogP contribution is -2.17. The molecule has 0 aliphatic carbocycles. The fourth-order valence-corrected chi connectivity index (χ4v) is 1.98. The van der Waals surface area contributed by atoms with Crippen LogP contribution in [0, 0.1) is 5.82 Å². The first kappa shape index (κ1) is 18.3. The van der Waals surface area contributed by atoms with Crippen LogP contribution in [0.25, 0.3) is 0 Å². The second-order valence-electron chi connectivity index (χ2n) is 4.88. The second kappa shape index (κ2) is 9.27. The van der Waals surface area contributed by atoms with Gasteiger partial charge >= 0.3 is 0 Å². The van der Waals surface area contributed by atoms with Gasteiger partial charge in [-0.25, -0.2) is 4.39 Å². The van der Waals surface area contributed by atoms with Crippen molar-refractivity contribution in [2.24, 2.45) is 5.16 Å². The number of benzene rings is 2. The molecule has 132 valence electrons. The smallest absolute Gasteiger partial charge is 0.265 e. The highest BCUT2D eigenvalue weighted by Crippen LogP contribution is 2.27. The largest absolute Gasteiger partial charge is 0.493 e. The Morgan fingerprint density at radius 2 is 2.04 bits per heavy atom. The zero-order valence-electron chi connectivity index (χ0n) is 14.0. The molecule has 2 aromatic rings. The van der Waals surface area contributed by atoms with Crippen LogP contribution in [0.3, 0.4) is 0 Å². The van der Waals surface area contributed by atoms with E-state index in [1.807, 2.05) is 6.92 Å². The summed E-state index contributed by atoms with van der Waals surface area (Å²) in [6.45, 7) is 2.08. The fraction of sp³-hybridized carbons (Fsp3) is 0.222. The van der Waals surface area contributed by atoms with Gasteiger partial charge in [0.2, 0.25) is 0 Å². The number of nitrogens with one attached hydrogen (secondary N) is 1. The monoisotopic (exact) mass is 346 g/mol. The predicted octanol–water partition coefficient (Wildman–Crippen LogP) is 3.22. The molecule has 25 heavy (non-hydrogen) atoms. The normalized spacial score (nSPS) is 10.5. The molecule has 0 unspecified atom stereocenters. The number of nitrogens with zero attached hydrogens (tertiary/aromatic N) is 1. The summed E-state index contributed by atoms with van der Waals surface area (Å²) in [5, 5.41) is 6.12. The minimum atomic E-state index is -0.513. The molecule has 1 N–H and O–H groups in total. The number of amides is 1. The van der Waals surface area contributed by atoms with Crippen molar-refractivity contribution in [2.75, 3.05) is 25.6 Å². The van der Waals surface area contributed by atoms with E-state index in [9.17, 15) is 9.18 Å². The molecule has 0 aromatic heterocycles. The molecule has 0 aliphatic rings. The molecule has 0 atom stereocenters. The molecule has 0 spiro atoms. The number of carbonyl (C=O) groups is 1. The molecule has 0 saturated heterocycles. The Bertz CT molecular complexity index is 750. The highest BCUT2D eigenvalue weighted by atomic mass is 19.1. The van der Waals surface area contributed by atoms with E-state index in [4.69, 9.17) is 14.3 Å². The van der Waals surface area contributed by atoms with Crippen molar-refractivity contribution in [2.45, 2.75) is 6.92 Å². The van der Waals surface area contributed by atoms with Gasteiger partial charge in [-0.15, -0.1) is 0 Å². The summed E-state index contributed by atoms with van der Waals surface area (Å²) < 4.78 is 24.1.